The topological polar surface area (TPSA) is 41.1 Å². The zero-order chi connectivity index (χ0) is 23.6. The molecular weight excluding hydrogens is 445 g/mol. The summed E-state index contributed by atoms with van der Waals surface area (Å²) in [6.45, 7) is 2.84. The Morgan fingerprint density at radius 2 is 1.58 bits per heavy atom. The van der Waals surface area contributed by atoms with Crippen molar-refractivity contribution in [3.8, 4) is 11.1 Å². The molecule has 4 rings (SSSR count). The lowest BCUT2D eigenvalue weighted by molar-refractivity contribution is -0.137. The Kier molecular flexibility index (Phi) is 6.56. The second-order valence-electron chi connectivity index (χ2n) is 8.14. The number of nitrogens with one attached hydrogen (secondary N) is 1. The smallest absolute Gasteiger partial charge is 0.369 e. The van der Waals surface area contributed by atoms with E-state index in [4.69, 9.17) is 0 Å². The molecule has 0 saturated heterocycles. The highest BCUT2D eigenvalue weighted by molar-refractivity contribution is 7.18. The molecule has 0 aliphatic heterocycles. The molecule has 0 unspecified atom stereocenters. The van der Waals surface area contributed by atoms with Crippen LogP contribution in [0.15, 0.2) is 54.6 Å². The third-order valence-electron chi connectivity index (χ3n) is 5.34. The minimum Gasteiger partial charge on any atom is -0.369 e. The Hall–Kier alpha value is -3.13. The maximum atomic E-state index is 12.8. The summed E-state index contributed by atoms with van der Waals surface area (Å²) in [4.78, 5) is 13.4. The van der Waals surface area contributed by atoms with Gasteiger partial charge < -0.3 is 10.2 Å². The number of halogens is 3. The Bertz CT molecular complexity index is 1230. The fourth-order valence-electron chi connectivity index (χ4n) is 3.58. The molecule has 0 aliphatic rings. The summed E-state index contributed by atoms with van der Waals surface area (Å²) in [5.74, 6) is 1.54. The summed E-state index contributed by atoms with van der Waals surface area (Å²) in [7, 11) is 3.86. The van der Waals surface area contributed by atoms with Crippen LogP contribution in [-0.2, 0) is 12.6 Å². The molecule has 0 atom stereocenters. The average molecular weight is 471 g/mol. The molecule has 8 heteroatoms. The molecule has 172 valence electrons. The lowest BCUT2D eigenvalue weighted by Gasteiger charge is -2.13. The van der Waals surface area contributed by atoms with Crippen molar-refractivity contribution >= 4 is 33.3 Å². The van der Waals surface area contributed by atoms with Gasteiger partial charge in [-0.05, 0) is 54.7 Å². The van der Waals surface area contributed by atoms with Crippen LogP contribution >= 0.6 is 11.3 Å². The molecule has 0 spiro atoms. The van der Waals surface area contributed by atoms with Crippen molar-refractivity contribution < 1.29 is 13.2 Å². The van der Waals surface area contributed by atoms with Gasteiger partial charge >= 0.3 is 6.18 Å². The Labute approximate surface area is 195 Å². The van der Waals surface area contributed by atoms with Crippen LogP contribution in [0.25, 0.3) is 21.3 Å². The summed E-state index contributed by atoms with van der Waals surface area (Å²) < 4.78 is 38.3. The number of fused-ring (bicyclic) bond motifs is 1. The van der Waals surface area contributed by atoms with Gasteiger partial charge in [0.05, 0.1) is 10.9 Å². The first kappa shape index (κ1) is 23.0. The largest absolute Gasteiger partial charge is 0.416 e. The fraction of sp³-hybridized carbons (Fsp3) is 0.280. The van der Waals surface area contributed by atoms with E-state index in [2.05, 4.69) is 28.3 Å². The lowest BCUT2D eigenvalue weighted by atomic mass is 10.0. The number of alkyl halides is 3. The normalized spacial score (nSPS) is 11.7. The van der Waals surface area contributed by atoms with E-state index in [0.29, 0.717) is 5.95 Å². The number of hydrogen-bond acceptors (Lipinski definition) is 5. The minimum atomic E-state index is -4.32. The van der Waals surface area contributed by atoms with Gasteiger partial charge in [0.1, 0.15) is 10.6 Å². The first-order chi connectivity index (χ1) is 15.7. The molecule has 2 aromatic heterocycles. The van der Waals surface area contributed by atoms with E-state index in [1.807, 2.05) is 43.3 Å². The number of rotatable bonds is 7. The van der Waals surface area contributed by atoms with Crippen molar-refractivity contribution in [2.24, 2.45) is 0 Å². The number of thiophene rings is 1. The molecule has 1 N–H and O–H groups in total. The number of anilines is 2. The predicted octanol–water partition coefficient (Wildman–Crippen LogP) is 6.80. The van der Waals surface area contributed by atoms with E-state index >= 15 is 0 Å². The second kappa shape index (κ2) is 9.39. The van der Waals surface area contributed by atoms with Gasteiger partial charge in [-0.15, -0.1) is 11.3 Å². The van der Waals surface area contributed by atoms with Gasteiger partial charge in [-0.25, -0.2) is 4.98 Å². The van der Waals surface area contributed by atoms with E-state index < -0.39 is 11.7 Å². The highest BCUT2D eigenvalue weighted by atomic mass is 32.1. The Morgan fingerprint density at radius 3 is 2.18 bits per heavy atom. The van der Waals surface area contributed by atoms with Crippen LogP contribution < -0.4 is 10.2 Å². The molecule has 0 radical (unpaired) electrons. The number of aryl methyl sites for hydroxylation is 2. The van der Waals surface area contributed by atoms with Crippen molar-refractivity contribution in [3.05, 3.63) is 70.6 Å². The van der Waals surface area contributed by atoms with Crippen molar-refractivity contribution in [3.63, 3.8) is 0 Å². The number of aromatic nitrogens is 2. The summed E-state index contributed by atoms with van der Waals surface area (Å²) in [6, 6.07) is 15.3. The molecule has 2 heterocycles. The molecule has 4 aromatic rings. The van der Waals surface area contributed by atoms with Gasteiger partial charge in [0.25, 0.3) is 0 Å². The van der Waals surface area contributed by atoms with Crippen LogP contribution in [0.1, 0.15) is 22.4 Å². The zero-order valence-corrected chi connectivity index (χ0v) is 19.5. The van der Waals surface area contributed by atoms with Crippen molar-refractivity contribution in [2.75, 3.05) is 30.9 Å². The van der Waals surface area contributed by atoms with Gasteiger partial charge in [-0.2, -0.15) is 18.2 Å². The molecule has 2 aromatic carbocycles. The van der Waals surface area contributed by atoms with Crippen LogP contribution in [0, 0.1) is 6.92 Å². The minimum absolute atomic E-state index is 0.633. The first-order valence-electron chi connectivity index (χ1n) is 10.7. The van der Waals surface area contributed by atoms with Crippen LogP contribution in [-0.4, -0.2) is 30.6 Å². The molecule has 0 bridgehead atoms. The van der Waals surface area contributed by atoms with E-state index in [9.17, 15) is 13.2 Å². The van der Waals surface area contributed by atoms with Gasteiger partial charge in [0.15, 0.2) is 0 Å². The molecule has 4 nitrogen and oxygen atoms in total. The van der Waals surface area contributed by atoms with Crippen molar-refractivity contribution in [1.82, 2.24) is 9.97 Å². The van der Waals surface area contributed by atoms with E-state index in [-0.39, 0.29) is 0 Å². The van der Waals surface area contributed by atoms with Crippen LogP contribution in [0.2, 0.25) is 0 Å². The van der Waals surface area contributed by atoms with E-state index in [1.165, 1.54) is 22.6 Å². The fourth-order valence-corrected chi connectivity index (χ4v) is 4.45. The molecule has 0 amide bonds. The molecule has 0 aliphatic carbocycles. The average Bonchev–Trinajstić information content (AvgIpc) is 3.17. The van der Waals surface area contributed by atoms with Gasteiger partial charge in [-0.3, -0.25) is 0 Å². The quantitative estimate of drug-likeness (QED) is 0.302. The van der Waals surface area contributed by atoms with E-state index in [1.54, 1.807) is 11.3 Å². The molecule has 0 fully saturated rings. The number of hydrogen-bond donors (Lipinski definition) is 1. The highest BCUT2D eigenvalue weighted by Gasteiger charge is 2.29. The summed E-state index contributed by atoms with van der Waals surface area (Å²) in [5.41, 5.74) is 2.22. The maximum absolute atomic E-state index is 12.8. The predicted molar refractivity (Wildman–Crippen MR) is 130 cm³/mol. The lowest BCUT2D eigenvalue weighted by Crippen LogP contribution is -2.14. The molecule has 33 heavy (non-hydrogen) atoms. The first-order valence-corrected chi connectivity index (χ1v) is 11.5. The Morgan fingerprint density at radius 1 is 0.939 bits per heavy atom. The van der Waals surface area contributed by atoms with E-state index in [0.717, 1.165) is 58.7 Å². The maximum Gasteiger partial charge on any atom is 0.416 e. The second-order valence-corrected chi connectivity index (χ2v) is 9.38. The van der Waals surface area contributed by atoms with Crippen LogP contribution in [0.4, 0.5) is 24.9 Å². The third-order valence-corrected chi connectivity index (χ3v) is 6.28. The summed E-state index contributed by atoms with van der Waals surface area (Å²) in [6.07, 6.45) is -2.51. The summed E-state index contributed by atoms with van der Waals surface area (Å²) >= 11 is 1.66. The third kappa shape index (κ3) is 5.45. The SMILES string of the molecule is Cc1cc2c(NCCCc3ccc(-c4ccc(C(F)(F)F)cc4)cc3)nc(N(C)C)nc2s1. The molecule has 0 saturated carbocycles. The van der Waals surface area contributed by atoms with Gasteiger partial charge in [0.2, 0.25) is 5.95 Å². The number of benzene rings is 2. The zero-order valence-electron chi connectivity index (χ0n) is 18.7. The highest BCUT2D eigenvalue weighted by Crippen LogP contribution is 2.32. The summed E-state index contributed by atoms with van der Waals surface area (Å²) in [5, 5.41) is 4.50. The van der Waals surface area contributed by atoms with Crippen molar-refractivity contribution in [1.29, 1.82) is 0 Å². The standard InChI is InChI=1S/C25H25F3N4S/c1-16-15-21-22(30-24(32(2)3)31-23(21)33-16)29-14-4-5-17-6-8-18(9-7-17)19-10-12-20(13-11-19)25(26,27)28/h6-13,15H,4-5,14H2,1-3H3,(H,29,30,31). The molecular formula is C25H25F3N4S. The monoisotopic (exact) mass is 470 g/mol. The van der Waals surface area contributed by atoms with Gasteiger partial charge in [-0.1, -0.05) is 36.4 Å². The number of nitrogens with zero attached hydrogens (tertiary/aromatic N) is 3. The van der Waals surface area contributed by atoms with Gasteiger partial charge in [0, 0.05) is 25.5 Å². The Balaban J connectivity index is 1.36. The van der Waals surface area contributed by atoms with Crippen LogP contribution in [0.3, 0.4) is 0 Å². The van der Waals surface area contributed by atoms with Crippen molar-refractivity contribution in [2.45, 2.75) is 25.9 Å². The van der Waals surface area contributed by atoms with Crippen LogP contribution in [0.5, 0.6) is 0 Å².